The summed E-state index contributed by atoms with van der Waals surface area (Å²) in [6, 6.07) is 2.66. The lowest BCUT2D eigenvalue weighted by Gasteiger charge is -2.14. The van der Waals surface area contributed by atoms with E-state index < -0.39 is 0 Å². The molecule has 1 rings (SSSR count). The van der Waals surface area contributed by atoms with Crippen molar-refractivity contribution in [3.8, 4) is 12.0 Å². The minimum Gasteiger partial charge on any atom is -0.322 e. The maximum atomic E-state index is 11.4. The number of nitrogens with one attached hydrogen (secondary N) is 1. The van der Waals surface area contributed by atoms with Gasteiger partial charge in [0.05, 0.1) is 6.54 Å². The van der Waals surface area contributed by atoms with Crippen LogP contribution in [0, 0.1) is 12.0 Å². The Labute approximate surface area is 72.5 Å². The highest BCUT2D eigenvalue weighted by Crippen LogP contribution is 2.03. The van der Waals surface area contributed by atoms with E-state index in [1.165, 1.54) is 5.01 Å². The van der Waals surface area contributed by atoms with Crippen molar-refractivity contribution in [3.63, 3.8) is 0 Å². The predicted molar refractivity (Wildman–Crippen MR) is 45.9 cm³/mol. The molecule has 4 nitrogen and oxygen atoms in total. The number of likely N-dealkylation sites (N-methyl/N-ethyl adjacent to an activating group) is 1. The highest BCUT2D eigenvalue weighted by atomic mass is 16.2. The molecule has 1 aliphatic heterocycles. The standard InChI is InChI=1S/C8H13N3O/c1-3-5-9-11-7-6-10(4-2)8(11)12/h9H,4,6-7H2,1-2H3. The summed E-state index contributed by atoms with van der Waals surface area (Å²) in [7, 11) is 0. The van der Waals surface area contributed by atoms with Crippen molar-refractivity contribution in [2.75, 3.05) is 19.6 Å². The van der Waals surface area contributed by atoms with Crippen LogP contribution in [0.3, 0.4) is 0 Å². The Hall–Kier alpha value is -1.37. The minimum atomic E-state index is 0.0141. The second-order valence-electron chi connectivity index (χ2n) is 2.50. The van der Waals surface area contributed by atoms with E-state index >= 15 is 0 Å². The smallest absolute Gasteiger partial charge is 0.322 e. The van der Waals surface area contributed by atoms with E-state index in [-0.39, 0.29) is 6.03 Å². The number of rotatable bonds is 2. The Morgan fingerprint density at radius 1 is 1.58 bits per heavy atom. The minimum absolute atomic E-state index is 0.0141. The van der Waals surface area contributed by atoms with Crippen LogP contribution in [0.1, 0.15) is 13.8 Å². The van der Waals surface area contributed by atoms with Crippen LogP contribution in [0.15, 0.2) is 0 Å². The zero-order chi connectivity index (χ0) is 8.97. The van der Waals surface area contributed by atoms with Gasteiger partial charge in [-0.15, -0.1) is 0 Å². The van der Waals surface area contributed by atoms with Crippen molar-refractivity contribution in [1.82, 2.24) is 15.3 Å². The van der Waals surface area contributed by atoms with E-state index in [0.717, 1.165) is 13.1 Å². The fraction of sp³-hybridized carbons (Fsp3) is 0.625. The molecule has 0 spiro atoms. The number of hydrogen-bond acceptors (Lipinski definition) is 2. The van der Waals surface area contributed by atoms with Crippen molar-refractivity contribution < 1.29 is 4.79 Å². The number of hydrogen-bond donors (Lipinski definition) is 1. The third kappa shape index (κ3) is 1.62. The predicted octanol–water partition coefficient (Wildman–Crippen LogP) is 0.229. The van der Waals surface area contributed by atoms with Gasteiger partial charge in [-0.25, -0.2) is 9.80 Å². The SMILES string of the molecule is CC#CNN1CCN(CC)C1=O. The average molecular weight is 167 g/mol. The van der Waals surface area contributed by atoms with Crippen molar-refractivity contribution in [2.45, 2.75) is 13.8 Å². The molecule has 1 fully saturated rings. The van der Waals surface area contributed by atoms with Crippen molar-refractivity contribution in [2.24, 2.45) is 0 Å². The first-order valence-corrected chi connectivity index (χ1v) is 4.03. The molecule has 0 atom stereocenters. The first-order valence-electron chi connectivity index (χ1n) is 4.03. The number of nitrogens with zero attached hydrogens (tertiary/aromatic N) is 2. The molecule has 0 unspecified atom stereocenters. The zero-order valence-corrected chi connectivity index (χ0v) is 7.42. The van der Waals surface area contributed by atoms with Crippen LogP contribution < -0.4 is 5.43 Å². The van der Waals surface area contributed by atoms with Gasteiger partial charge < -0.3 is 4.90 Å². The Morgan fingerprint density at radius 2 is 2.33 bits per heavy atom. The summed E-state index contributed by atoms with van der Waals surface area (Å²) in [6.45, 7) is 5.95. The quantitative estimate of drug-likeness (QED) is 0.472. The third-order valence-corrected chi connectivity index (χ3v) is 1.79. The van der Waals surface area contributed by atoms with Gasteiger partial charge in [0, 0.05) is 19.1 Å². The molecular weight excluding hydrogens is 154 g/mol. The second-order valence-corrected chi connectivity index (χ2v) is 2.50. The number of amides is 2. The fourth-order valence-corrected chi connectivity index (χ4v) is 1.10. The molecule has 1 saturated heterocycles. The molecular formula is C8H13N3O. The molecule has 1 N–H and O–H groups in total. The van der Waals surface area contributed by atoms with Gasteiger partial charge in [0.25, 0.3) is 0 Å². The third-order valence-electron chi connectivity index (χ3n) is 1.79. The van der Waals surface area contributed by atoms with Gasteiger partial charge >= 0.3 is 6.03 Å². The Kier molecular flexibility index (Phi) is 2.81. The van der Waals surface area contributed by atoms with Gasteiger partial charge in [0.1, 0.15) is 0 Å². The maximum Gasteiger partial charge on any atom is 0.339 e. The molecule has 12 heavy (non-hydrogen) atoms. The monoisotopic (exact) mass is 167 g/mol. The van der Waals surface area contributed by atoms with Crippen LogP contribution in [0.2, 0.25) is 0 Å². The number of carbonyl (C=O) groups is 1. The van der Waals surface area contributed by atoms with Gasteiger partial charge in [-0.05, 0) is 13.8 Å². The summed E-state index contributed by atoms with van der Waals surface area (Å²) >= 11 is 0. The summed E-state index contributed by atoms with van der Waals surface area (Å²) < 4.78 is 0. The number of hydrazine groups is 1. The van der Waals surface area contributed by atoms with Crippen molar-refractivity contribution in [1.29, 1.82) is 0 Å². The van der Waals surface area contributed by atoms with Crippen molar-refractivity contribution >= 4 is 6.03 Å². The summed E-state index contributed by atoms with van der Waals surface area (Å²) in [4.78, 5) is 13.1. The van der Waals surface area contributed by atoms with Crippen LogP contribution in [0.4, 0.5) is 4.79 Å². The zero-order valence-electron chi connectivity index (χ0n) is 7.42. The lowest BCUT2D eigenvalue weighted by Crippen LogP contribution is -2.38. The van der Waals surface area contributed by atoms with Crippen LogP contribution in [0.5, 0.6) is 0 Å². The molecule has 4 heteroatoms. The Balaban J connectivity index is 2.47. The number of carbonyl (C=O) groups excluding carboxylic acids is 1. The van der Waals surface area contributed by atoms with E-state index in [2.05, 4.69) is 17.4 Å². The van der Waals surface area contributed by atoms with Crippen LogP contribution >= 0.6 is 0 Å². The van der Waals surface area contributed by atoms with Crippen LogP contribution in [-0.2, 0) is 0 Å². The van der Waals surface area contributed by atoms with Crippen LogP contribution in [-0.4, -0.2) is 35.6 Å². The molecule has 0 bridgehead atoms. The van der Waals surface area contributed by atoms with Gasteiger partial charge in [-0.1, -0.05) is 5.92 Å². The second kappa shape index (κ2) is 3.86. The van der Waals surface area contributed by atoms with E-state index in [4.69, 9.17) is 0 Å². The molecule has 0 aliphatic carbocycles. The molecule has 66 valence electrons. The molecule has 2 amide bonds. The van der Waals surface area contributed by atoms with Gasteiger partial charge in [-0.3, -0.25) is 5.43 Å². The van der Waals surface area contributed by atoms with Gasteiger partial charge in [0.2, 0.25) is 0 Å². The normalized spacial score (nSPS) is 16.0. The fourth-order valence-electron chi connectivity index (χ4n) is 1.10. The summed E-state index contributed by atoms with van der Waals surface area (Å²) in [5.74, 6) is 2.67. The average Bonchev–Trinajstić information content (AvgIpc) is 2.43. The van der Waals surface area contributed by atoms with Gasteiger partial charge in [0.15, 0.2) is 0 Å². The Bertz CT molecular complexity index is 228. The summed E-state index contributed by atoms with van der Waals surface area (Å²) in [5, 5.41) is 1.53. The molecule has 0 aromatic rings. The van der Waals surface area contributed by atoms with Crippen LogP contribution in [0.25, 0.3) is 0 Å². The molecule has 0 aromatic heterocycles. The molecule has 1 heterocycles. The maximum absolute atomic E-state index is 11.4. The topological polar surface area (TPSA) is 35.6 Å². The Morgan fingerprint density at radius 3 is 2.83 bits per heavy atom. The first kappa shape index (κ1) is 8.72. The summed E-state index contributed by atoms with van der Waals surface area (Å²) in [5.41, 5.74) is 2.73. The largest absolute Gasteiger partial charge is 0.339 e. The summed E-state index contributed by atoms with van der Waals surface area (Å²) in [6.07, 6.45) is 0. The van der Waals surface area contributed by atoms with E-state index in [9.17, 15) is 4.79 Å². The van der Waals surface area contributed by atoms with E-state index in [1.54, 1.807) is 11.8 Å². The van der Waals surface area contributed by atoms with Gasteiger partial charge in [-0.2, -0.15) is 0 Å². The highest BCUT2D eigenvalue weighted by Gasteiger charge is 2.26. The molecule has 0 aromatic carbocycles. The molecule has 0 radical (unpaired) electrons. The van der Waals surface area contributed by atoms with E-state index in [0.29, 0.717) is 6.54 Å². The molecule has 1 aliphatic rings. The number of urea groups is 1. The lowest BCUT2D eigenvalue weighted by atomic mass is 10.6. The highest BCUT2D eigenvalue weighted by molar-refractivity contribution is 5.76. The van der Waals surface area contributed by atoms with E-state index in [1.807, 2.05) is 6.92 Å². The first-order chi connectivity index (χ1) is 5.79. The molecule has 0 saturated carbocycles. The van der Waals surface area contributed by atoms with Crippen molar-refractivity contribution in [3.05, 3.63) is 0 Å². The lowest BCUT2D eigenvalue weighted by molar-refractivity contribution is 0.185.